The molecule has 0 aliphatic heterocycles. The maximum atomic E-state index is 11.0. The Balaban J connectivity index is 3.81. The van der Waals surface area contributed by atoms with Gasteiger partial charge in [0.2, 0.25) is 5.78 Å². The van der Waals surface area contributed by atoms with E-state index in [1.807, 2.05) is 27.7 Å². The van der Waals surface area contributed by atoms with E-state index < -0.39 is 0 Å². The Morgan fingerprint density at radius 1 is 1.27 bits per heavy atom. The highest BCUT2D eigenvalue weighted by atomic mass is 16.1. The summed E-state index contributed by atoms with van der Waals surface area (Å²) in [6.45, 7) is 8.01. The van der Waals surface area contributed by atoms with Gasteiger partial charge in [-0.15, -0.1) is 0 Å². The van der Waals surface area contributed by atoms with Gasteiger partial charge in [-0.25, -0.2) is 0 Å². The molecule has 0 saturated carbocycles. The minimum absolute atomic E-state index is 0.0636. The number of rotatable bonds is 2. The summed E-state index contributed by atoms with van der Waals surface area (Å²) in [5.41, 5.74) is 0. The Morgan fingerprint density at radius 3 is 2.18 bits per heavy atom. The molecule has 0 radical (unpaired) electrons. The second-order valence-electron chi connectivity index (χ2n) is 3.45. The first kappa shape index (κ1) is 10.2. The highest BCUT2D eigenvalue weighted by Crippen LogP contribution is 1.99. The molecular weight excluding hydrogens is 136 g/mol. The minimum atomic E-state index is 0.0636. The van der Waals surface area contributed by atoms with Crippen LogP contribution in [0.4, 0.5) is 0 Å². The fourth-order valence-electron chi connectivity index (χ4n) is 0.647. The summed E-state index contributed by atoms with van der Waals surface area (Å²) in [5.74, 6) is 6.26. The van der Waals surface area contributed by atoms with Crippen molar-refractivity contribution in [1.82, 2.24) is 0 Å². The summed E-state index contributed by atoms with van der Waals surface area (Å²) in [5, 5.41) is 0. The molecule has 0 unspecified atom stereocenters. The molecule has 0 fully saturated rings. The molecule has 0 aromatic rings. The third kappa shape index (κ3) is 7.12. The predicted octanol–water partition coefficient (Wildman–Crippen LogP) is 2.26. The number of carbonyl (C=O) groups excluding carboxylic acids is 1. The molecule has 62 valence electrons. The van der Waals surface area contributed by atoms with Crippen molar-refractivity contribution in [3.63, 3.8) is 0 Å². The van der Waals surface area contributed by atoms with Gasteiger partial charge in [0, 0.05) is 12.3 Å². The Labute approximate surface area is 69.2 Å². The van der Waals surface area contributed by atoms with E-state index in [-0.39, 0.29) is 5.78 Å². The predicted molar refractivity (Wildman–Crippen MR) is 47.1 cm³/mol. The molecule has 0 saturated heterocycles. The molecule has 0 N–H and O–H groups in total. The van der Waals surface area contributed by atoms with E-state index in [9.17, 15) is 4.79 Å². The van der Waals surface area contributed by atoms with E-state index in [0.29, 0.717) is 18.3 Å². The number of carbonyl (C=O) groups is 1. The zero-order valence-electron chi connectivity index (χ0n) is 7.77. The number of ketones is 1. The van der Waals surface area contributed by atoms with Crippen molar-refractivity contribution in [3.8, 4) is 11.8 Å². The first-order valence-corrected chi connectivity index (χ1v) is 4.06. The molecule has 0 atom stereocenters. The van der Waals surface area contributed by atoms with Crippen LogP contribution in [0.25, 0.3) is 0 Å². The first-order chi connectivity index (χ1) is 5.02. The molecule has 0 spiro atoms. The van der Waals surface area contributed by atoms with Gasteiger partial charge < -0.3 is 0 Å². The van der Waals surface area contributed by atoms with Crippen LogP contribution in [0.2, 0.25) is 0 Å². The van der Waals surface area contributed by atoms with Crippen LogP contribution >= 0.6 is 0 Å². The summed E-state index contributed by atoms with van der Waals surface area (Å²) in [7, 11) is 0. The molecule has 0 amide bonds. The van der Waals surface area contributed by atoms with Gasteiger partial charge in [-0.2, -0.15) is 0 Å². The molecule has 1 nitrogen and oxygen atoms in total. The highest BCUT2D eigenvalue weighted by molar-refractivity contribution is 5.95. The number of hydrogen-bond donors (Lipinski definition) is 0. The molecule has 0 rings (SSSR count). The van der Waals surface area contributed by atoms with Gasteiger partial charge in [0.25, 0.3) is 0 Å². The van der Waals surface area contributed by atoms with Crippen molar-refractivity contribution < 1.29 is 4.79 Å². The van der Waals surface area contributed by atoms with Crippen LogP contribution < -0.4 is 0 Å². The molecular formula is C10H16O. The first-order valence-electron chi connectivity index (χ1n) is 4.06. The average molecular weight is 152 g/mol. The van der Waals surface area contributed by atoms with Crippen molar-refractivity contribution in [2.75, 3.05) is 0 Å². The van der Waals surface area contributed by atoms with Gasteiger partial charge in [-0.05, 0) is 11.8 Å². The maximum Gasteiger partial charge on any atom is 0.205 e. The van der Waals surface area contributed by atoms with Gasteiger partial charge in [-0.1, -0.05) is 33.6 Å². The van der Waals surface area contributed by atoms with Crippen LogP contribution in [0.3, 0.4) is 0 Å². The standard InChI is InChI=1S/C10H16O/c1-8(2)5-6-10(11)7-9(3)4/h8-9H,7H2,1-4H3. The van der Waals surface area contributed by atoms with E-state index in [4.69, 9.17) is 0 Å². The van der Waals surface area contributed by atoms with E-state index in [1.165, 1.54) is 0 Å². The summed E-state index contributed by atoms with van der Waals surface area (Å²) < 4.78 is 0. The number of Topliss-reactive ketones (excluding diaryl/α,β-unsaturated/α-hetero) is 1. The molecule has 0 bridgehead atoms. The summed E-state index contributed by atoms with van der Waals surface area (Å²) in [4.78, 5) is 11.0. The lowest BCUT2D eigenvalue weighted by Gasteiger charge is -1.96. The largest absolute Gasteiger partial charge is 0.285 e. The zero-order chi connectivity index (χ0) is 8.85. The quantitative estimate of drug-likeness (QED) is 0.438. The Kier molecular flexibility index (Phi) is 4.61. The minimum Gasteiger partial charge on any atom is -0.285 e. The second-order valence-corrected chi connectivity index (χ2v) is 3.45. The van der Waals surface area contributed by atoms with Gasteiger partial charge in [0.15, 0.2) is 0 Å². The molecule has 1 heteroatoms. The van der Waals surface area contributed by atoms with Crippen molar-refractivity contribution in [2.45, 2.75) is 34.1 Å². The molecule has 11 heavy (non-hydrogen) atoms. The summed E-state index contributed by atoms with van der Waals surface area (Å²) >= 11 is 0. The van der Waals surface area contributed by atoms with Crippen molar-refractivity contribution in [1.29, 1.82) is 0 Å². The second kappa shape index (κ2) is 4.96. The van der Waals surface area contributed by atoms with Crippen LogP contribution in [0.5, 0.6) is 0 Å². The van der Waals surface area contributed by atoms with Crippen LogP contribution in [-0.2, 0) is 4.79 Å². The van der Waals surface area contributed by atoms with E-state index in [2.05, 4.69) is 11.8 Å². The molecule has 0 aromatic heterocycles. The maximum absolute atomic E-state index is 11.0. The normalized spacial score (nSPS) is 9.64. The van der Waals surface area contributed by atoms with Crippen LogP contribution in [0.1, 0.15) is 34.1 Å². The average Bonchev–Trinajstić information content (AvgIpc) is 1.82. The lowest BCUT2D eigenvalue weighted by atomic mass is 10.1. The lowest BCUT2D eigenvalue weighted by molar-refractivity contribution is -0.114. The molecule has 0 aliphatic carbocycles. The SMILES string of the molecule is CC(C)C#CC(=O)CC(C)C. The Morgan fingerprint density at radius 2 is 1.82 bits per heavy atom. The van der Waals surface area contributed by atoms with Crippen molar-refractivity contribution in [2.24, 2.45) is 11.8 Å². The van der Waals surface area contributed by atoms with Gasteiger partial charge in [0.05, 0.1) is 0 Å². The smallest absolute Gasteiger partial charge is 0.205 e. The van der Waals surface area contributed by atoms with Crippen molar-refractivity contribution in [3.05, 3.63) is 0 Å². The highest BCUT2D eigenvalue weighted by Gasteiger charge is 2.00. The van der Waals surface area contributed by atoms with Crippen LogP contribution in [-0.4, -0.2) is 5.78 Å². The third-order valence-corrected chi connectivity index (χ3v) is 1.09. The fraction of sp³-hybridized carbons (Fsp3) is 0.700. The summed E-state index contributed by atoms with van der Waals surface area (Å²) in [6, 6.07) is 0. The van der Waals surface area contributed by atoms with Crippen LogP contribution in [0, 0.1) is 23.7 Å². The summed E-state index contributed by atoms with van der Waals surface area (Å²) in [6.07, 6.45) is 0.583. The Bertz CT molecular complexity index is 179. The van der Waals surface area contributed by atoms with E-state index >= 15 is 0 Å². The molecule has 0 aromatic carbocycles. The van der Waals surface area contributed by atoms with Gasteiger partial charge >= 0.3 is 0 Å². The van der Waals surface area contributed by atoms with E-state index in [1.54, 1.807) is 0 Å². The Hall–Kier alpha value is -0.770. The third-order valence-electron chi connectivity index (χ3n) is 1.09. The van der Waals surface area contributed by atoms with E-state index in [0.717, 1.165) is 0 Å². The fourth-order valence-corrected chi connectivity index (χ4v) is 0.647. The van der Waals surface area contributed by atoms with Crippen LogP contribution in [0.15, 0.2) is 0 Å². The topological polar surface area (TPSA) is 17.1 Å². The van der Waals surface area contributed by atoms with Gasteiger partial charge in [-0.3, -0.25) is 4.79 Å². The van der Waals surface area contributed by atoms with Crippen molar-refractivity contribution >= 4 is 5.78 Å². The zero-order valence-corrected chi connectivity index (χ0v) is 7.77. The lowest BCUT2D eigenvalue weighted by Crippen LogP contribution is -1.99. The van der Waals surface area contributed by atoms with Gasteiger partial charge in [0.1, 0.15) is 0 Å². The number of hydrogen-bond acceptors (Lipinski definition) is 1. The molecule has 0 aliphatic rings. The molecule has 0 heterocycles. The monoisotopic (exact) mass is 152 g/mol.